The van der Waals surface area contributed by atoms with Crippen molar-refractivity contribution in [1.29, 1.82) is 0 Å². The van der Waals surface area contributed by atoms with E-state index in [4.69, 9.17) is 4.74 Å². The van der Waals surface area contributed by atoms with Crippen molar-refractivity contribution >= 4 is 47.4 Å². The molecule has 1 aromatic rings. The zero-order valence-corrected chi connectivity index (χ0v) is 21.3. The lowest BCUT2D eigenvalue weighted by molar-refractivity contribution is 0.0527. The number of carbonyl (C=O) groups excluding carboxylic acids is 1. The number of hydrogen-bond donors (Lipinski definition) is 3. The second-order valence-electron chi connectivity index (χ2n) is 8.30. The number of nitrogens with zero attached hydrogens (tertiary/aromatic N) is 2. The van der Waals surface area contributed by atoms with Crippen molar-refractivity contribution in [1.82, 2.24) is 20.9 Å². The Morgan fingerprint density at radius 1 is 1.14 bits per heavy atom. The molecule has 0 atom stereocenters. The van der Waals surface area contributed by atoms with Crippen LogP contribution in [-0.2, 0) is 16.7 Å². The quantitative estimate of drug-likeness (QED) is 0.217. The van der Waals surface area contributed by atoms with E-state index < -0.39 is 5.60 Å². The van der Waals surface area contributed by atoms with Crippen molar-refractivity contribution < 1.29 is 9.53 Å². The summed E-state index contributed by atoms with van der Waals surface area (Å²) in [6.07, 6.45) is 0.385. The van der Waals surface area contributed by atoms with Crippen LogP contribution >= 0.6 is 35.3 Å². The van der Waals surface area contributed by atoms with Gasteiger partial charge < -0.3 is 20.7 Å². The van der Waals surface area contributed by atoms with E-state index >= 15 is 0 Å². The summed E-state index contributed by atoms with van der Waals surface area (Å²) in [6, 6.07) is 0. The maximum atomic E-state index is 11.6. The monoisotopic (exact) mass is 525 g/mol. The van der Waals surface area contributed by atoms with E-state index in [9.17, 15) is 4.79 Å². The molecule has 1 heterocycles. The average molecular weight is 526 g/mol. The third kappa shape index (κ3) is 11.7. The molecule has 1 amide bonds. The van der Waals surface area contributed by atoms with Gasteiger partial charge in [-0.1, -0.05) is 20.8 Å². The van der Waals surface area contributed by atoms with Gasteiger partial charge in [-0.3, -0.25) is 0 Å². The number of rotatable bonds is 7. The van der Waals surface area contributed by atoms with E-state index in [2.05, 4.69) is 52.1 Å². The van der Waals surface area contributed by atoms with E-state index in [1.165, 1.54) is 0 Å². The molecule has 9 heteroatoms. The van der Waals surface area contributed by atoms with E-state index in [0.29, 0.717) is 19.6 Å². The largest absolute Gasteiger partial charge is 0.444 e. The van der Waals surface area contributed by atoms with Crippen molar-refractivity contribution in [2.45, 2.75) is 72.4 Å². The van der Waals surface area contributed by atoms with Crippen LogP contribution in [0.1, 0.15) is 65.6 Å². The number of carbonyl (C=O) groups is 1. The molecule has 0 aliphatic carbocycles. The molecule has 0 spiro atoms. The fourth-order valence-corrected chi connectivity index (χ4v) is 2.92. The molecule has 1 aromatic heterocycles. The van der Waals surface area contributed by atoms with Crippen molar-refractivity contribution in [3.63, 3.8) is 0 Å². The molecule has 28 heavy (non-hydrogen) atoms. The maximum absolute atomic E-state index is 11.6. The highest BCUT2D eigenvalue weighted by atomic mass is 127. The second kappa shape index (κ2) is 12.5. The molecule has 0 fully saturated rings. The summed E-state index contributed by atoms with van der Waals surface area (Å²) in [5, 5.41) is 12.4. The minimum atomic E-state index is -0.476. The second-order valence-corrected chi connectivity index (χ2v) is 9.16. The van der Waals surface area contributed by atoms with E-state index in [1.54, 1.807) is 11.3 Å². The third-order valence-electron chi connectivity index (χ3n) is 3.25. The zero-order valence-electron chi connectivity index (χ0n) is 18.1. The Bertz CT molecular complexity index is 621. The minimum Gasteiger partial charge on any atom is -0.444 e. The van der Waals surface area contributed by atoms with Crippen molar-refractivity contribution in [3.8, 4) is 0 Å². The third-order valence-corrected chi connectivity index (χ3v) is 4.57. The van der Waals surface area contributed by atoms with Crippen LogP contribution in [0.3, 0.4) is 0 Å². The smallest absolute Gasteiger partial charge is 0.407 e. The van der Waals surface area contributed by atoms with Crippen LogP contribution in [0.25, 0.3) is 0 Å². The van der Waals surface area contributed by atoms with Crippen LogP contribution in [0.5, 0.6) is 0 Å². The first-order chi connectivity index (χ1) is 12.5. The molecular weight excluding hydrogens is 489 g/mol. The molecule has 0 saturated heterocycles. The van der Waals surface area contributed by atoms with Gasteiger partial charge in [0.1, 0.15) is 5.60 Å². The number of ether oxygens (including phenoxy) is 1. The number of nitrogens with one attached hydrogen (secondary N) is 3. The Balaban J connectivity index is 0.00000729. The van der Waals surface area contributed by atoms with Gasteiger partial charge in [0.05, 0.1) is 17.2 Å². The molecule has 7 nitrogen and oxygen atoms in total. The van der Waals surface area contributed by atoms with E-state index in [1.807, 2.05) is 27.7 Å². The Morgan fingerprint density at radius 2 is 1.79 bits per heavy atom. The van der Waals surface area contributed by atoms with Gasteiger partial charge in [-0.15, -0.1) is 35.3 Å². The van der Waals surface area contributed by atoms with Crippen molar-refractivity contribution in [2.75, 3.05) is 19.6 Å². The number of alkyl carbamates (subject to hydrolysis) is 1. The fraction of sp³-hybridized carbons (Fsp3) is 0.737. The van der Waals surface area contributed by atoms with Gasteiger partial charge in [-0.2, -0.15) is 0 Å². The maximum Gasteiger partial charge on any atom is 0.407 e. The lowest BCUT2D eigenvalue weighted by Crippen LogP contribution is -2.39. The molecule has 0 bridgehead atoms. The summed E-state index contributed by atoms with van der Waals surface area (Å²) in [5.74, 6) is 0.750. The summed E-state index contributed by atoms with van der Waals surface area (Å²) in [7, 11) is 0. The van der Waals surface area contributed by atoms with Crippen molar-refractivity contribution in [2.24, 2.45) is 4.99 Å². The predicted molar refractivity (Wildman–Crippen MR) is 128 cm³/mol. The van der Waals surface area contributed by atoms with Gasteiger partial charge in [0, 0.05) is 30.4 Å². The number of aliphatic imine (C=N–C) groups is 1. The highest BCUT2D eigenvalue weighted by Crippen LogP contribution is 2.25. The zero-order chi connectivity index (χ0) is 20.5. The molecule has 0 saturated carbocycles. The van der Waals surface area contributed by atoms with Crippen LogP contribution in [0.2, 0.25) is 0 Å². The molecule has 162 valence electrons. The molecule has 1 rings (SSSR count). The molecule has 0 aliphatic rings. The average Bonchev–Trinajstić information content (AvgIpc) is 2.99. The Labute approximate surface area is 190 Å². The molecular formula is C19H36IN5O2S. The van der Waals surface area contributed by atoms with E-state index in [0.717, 1.165) is 29.6 Å². The summed E-state index contributed by atoms with van der Waals surface area (Å²) in [4.78, 5) is 20.8. The predicted octanol–water partition coefficient (Wildman–Crippen LogP) is 4.03. The molecule has 0 aromatic carbocycles. The fourth-order valence-electron chi connectivity index (χ4n) is 2.03. The first kappa shape index (κ1) is 26.9. The minimum absolute atomic E-state index is 0. The summed E-state index contributed by atoms with van der Waals surface area (Å²) < 4.78 is 5.20. The number of amides is 1. The van der Waals surface area contributed by atoms with Gasteiger partial charge in [0.15, 0.2) is 5.96 Å². The van der Waals surface area contributed by atoms with Crippen molar-refractivity contribution in [3.05, 3.63) is 16.1 Å². The van der Waals surface area contributed by atoms with Gasteiger partial charge >= 0.3 is 6.09 Å². The van der Waals surface area contributed by atoms with Crippen LogP contribution < -0.4 is 16.0 Å². The summed E-state index contributed by atoms with van der Waals surface area (Å²) >= 11 is 1.68. The lowest BCUT2D eigenvalue weighted by atomic mass is 9.98. The van der Waals surface area contributed by atoms with Gasteiger partial charge in [0.25, 0.3) is 0 Å². The normalized spacial score (nSPS) is 12.2. The molecule has 0 aliphatic heterocycles. The number of hydrogen-bond acceptors (Lipinski definition) is 5. The van der Waals surface area contributed by atoms with Gasteiger partial charge in [-0.25, -0.2) is 14.8 Å². The first-order valence-corrected chi connectivity index (χ1v) is 10.3. The van der Waals surface area contributed by atoms with Crippen LogP contribution in [0.15, 0.2) is 10.4 Å². The first-order valence-electron chi connectivity index (χ1n) is 9.45. The number of aromatic nitrogens is 1. The number of guanidine groups is 1. The molecule has 0 unspecified atom stereocenters. The standard InChI is InChI=1S/C19H35N5O2S.HI/c1-8-20-16(21-10-9-11-22-17(25)26-19(5,6)7)23-12-14-13-27-15(24-14)18(2,3)4;/h13H,8-12H2,1-7H3,(H,22,25)(H2,20,21,23);1H. The SMILES string of the molecule is CCNC(=NCc1csc(C(C)(C)C)n1)NCCCNC(=O)OC(C)(C)C.I. The Hall–Kier alpha value is -1.10. The number of halogens is 1. The van der Waals surface area contributed by atoms with Crippen LogP contribution in [-0.4, -0.2) is 42.3 Å². The highest BCUT2D eigenvalue weighted by Gasteiger charge is 2.18. The van der Waals surface area contributed by atoms with E-state index in [-0.39, 0.29) is 35.5 Å². The summed E-state index contributed by atoms with van der Waals surface area (Å²) in [6.45, 7) is 16.6. The Morgan fingerprint density at radius 3 is 2.32 bits per heavy atom. The van der Waals surface area contributed by atoms with Crippen LogP contribution in [0.4, 0.5) is 4.79 Å². The molecule has 0 radical (unpaired) electrons. The van der Waals surface area contributed by atoms with Gasteiger partial charge in [0.2, 0.25) is 0 Å². The number of thiazole rings is 1. The van der Waals surface area contributed by atoms with Crippen LogP contribution in [0, 0.1) is 0 Å². The van der Waals surface area contributed by atoms with Gasteiger partial charge in [-0.05, 0) is 34.1 Å². The Kier molecular flexibility index (Phi) is 12.0. The summed E-state index contributed by atoms with van der Waals surface area (Å²) in [5.41, 5.74) is 0.570. The lowest BCUT2D eigenvalue weighted by Gasteiger charge is -2.19. The highest BCUT2D eigenvalue weighted by molar-refractivity contribution is 14.0. The topological polar surface area (TPSA) is 87.6 Å². The molecule has 3 N–H and O–H groups in total.